The van der Waals surface area contributed by atoms with Crippen molar-refractivity contribution in [3.63, 3.8) is 0 Å². The van der Waals surface area contributed by atoms with Crippen molar-refractivity contribution in [2.24, 2.45) is 0 Å². The van der Waals surface area contributed by atoms with E-state index in [0.29, 0.717) is 18.7 Å². The van der Waals surface area contributed by atoms with Gasteiger partial charge in [0, 0.05) is 52.0 Å². The van der Waals surface area contributed by atoms with Gasteiger partial charge in [0.15, 0.2) is 0 Å². The number of amides is 2. The minimum absolute atomic E-state index is 0.0922. The van der Waals surface area contributed by atoms with E-state index in [-0.39, 0.29) is 11.8 Å². The van der Waals surface area contributed by atoms with Crippen LogP contribution < -0.4 is 10.2 Å². The number of carbonyl (C=O) groups excluding carboxylic acids is 2. The second-order valence-electron chi connectivity index (χ2n) is 5.84. The summed E-state index contributed by atoms with van der Waals surface area (Å²) in [4.78, 5) is 30.6. The molecule has 2 amide bonds. The predicted molar refractivity (Wildman–Crippen MR) is 87.2 cm³/mol. The Balaban J connectivity index is 2.26. The normalized spacial score (nSPS) is 18.9. The van der Waals surface area contributed by atoms with E-state index in [2.05, 4.69) is 10.2 Å². The lowest BCUT2D eigenvalue weighted by Gasteiger charge is -2.39. The number of nitrogens with one attached hydrogen (secondary N) is 1. The van der Waals surface area contributed by atoms with Crippen LogP contribution in [0, 0.1) is 0 Å². The molecule has 22 heavy (non-hydrogen) atoms. The molecule has 1 fully saturated rings. The number of nitrogens with zero attached hydrogens (tertiary/aromatic N) is 3. The molecule has 1 aromatic carbocycles. The Bertz CT molecular complexity index is 559. The fourth-order valence-electron chi connectivity index (χ4n) is 2.64. The van der Waals surface area contributed by atoms with Gasteiger partial charge in [-0.05, 0) is 25.2 Å². The SMILES string of the molecule is CNC(=O)[C@@H]1CN(C)CCN1C(=O)c1cccc(N(C)C)c1. The van der Waals surface area contributed by atoms with Crippen LogP contribution in [-0.4, -0.2) is 75.5 Å². The number of anilines is 1. The topological polar surface area (TPSA) is 55.9 Å². The molecule has 0 unspecified atom stereocenters. The van der Waals surface area contributed by atoms with Crippen LogP contribution in [0.1, 0.15) is 10.4 Å². The highest BCUT2D eigenvalue weighted by atomic mass is 16.2. The highest BCUT2D eigenvalue weighted by molar-refractivity contribution is 5.98. The minimum atomic E-state index is -0.445. The van der Waals surface area contributed by atoms with Gasteiger partial charge in [0.25, 0.3) is 5.91 Å². The summed E-state index contributed by atoms with van der Waals surface area (Å²) in [6, 6.07) is 7.04. The summed E-state index contributed by atoms with van der Waals surface area (Å²) >= 11 is 0. The molecule has 1 N–H and O–H groups in total. The second-order valence-corrected chi connectivity index (χ2v) is 5.84. The molecule has 1 atom stereocenters. The molecule has 1 aliphatic heterocycles. The zero-order chi connectivity index (χ0) is 16.3. The van der Waals surface area contributed by atoms with Crippen molar-refractivity contribution in [3.8, 4) is 0 Å². The van der Waals surface area contributed by atoms with Crippen LogP contribution in [0.25, 0.3) is 0 Å². The standard InChI is InChI=1S/C16H24N4O2/c1-17-15(21)14-11-19(4)8-9-20(14)16(22)12-6-5-7-13(10-12)18(2)3/h5-7,10,14H,8-9,11H2,1-4H3,(H,17,21)/t14-/m0/s1. The molecule has 0 bridgehead atoms. The van der Waals surface area contributed by atoms with Crippen LogP contribution >= 0.6 is 0 Å². The van der Waals surface area contributed by atoms with Gasteiger partial charge in [0.05, 0.1) is 0 Å². The summed E-state index contributed by atoms with van der Waals surface area (Å²) in [6.45, 7) is 1.88. The summed E-state index contributed by atoms with van der Waals surface area (Å²) in [7, 11) is 7.44. The summed E-state index contributed by atoms with van der Waals surface area (Å²) in [6.07, 6.45) is 0. The molecule has 120 valence electrons. The molecule has 1 heterocycles. The number of carbonyl (C=O) groups is 2. The molecule has 6 nitrogen and oxygen atoms in total. The Labute approximate surface area is 131 Å². The Morgan fingerprint density at radius 1 is 1.27 bits per heavy atom. The van der Waals surface area contributed by atoms with Gasteiger partial charge < -0.3 is 20.0 Å². The Kier molecular flexibility index (Phi) is 5.03. The molecule has 0 aliphatic carbocycles. The molecule has 0 spiro atoms. The lowest BCUT2D eigenvalue weighted by Crippen LogP contribution is -2.59. The van der Waals surface area contributed by atoms with Gasteiger partial charge in [0.2, 0.25) is 5.91 Å². The number of rotatable bonds is 3. The van der Waals surface area contributed by atoms with E-state index in [0.717, 1.165) is 12.2 Å². The maximum atomic E-state index is 12.8. The number of benzene rings is 1. The molecule has 2 rings (SSSR count). The Morgan fingerprint density at radius 2 is 2.00 bits per heavy atom. The molecule has 1 aliphatic rings. The molecule has 1 aromatic rings. The smallest absolute Gasteiger partial charge is 0.254 e. The van der Waals surface area contributed by atoms with Crippen LogP contribution in [0.5, 0.6) is 0 Å². The first kappa shape index (κ1) is 16.3. The number of piperazine rings is 1. The highest BCUT2D eigenvalue weighted by Gasteiger charge is 2.34. The Morgan fingerprint density at radius 3 is 2.64 bits per heavy atom. The van der Waals surface area contributed by atoms with Gasteiger partial charge in [-0.25, -0.2) is 0 Å². The van der Waals surface area contributed by atoms with Crippen molar-refractivity contribution in [2.75, 3.05) is 52.7 Å². The van der Waals surface area contributed by atoms with Gasteiger partial charge >= 0.3 is 0 Å². The first-order chi connectivity index (χ1) is 10.4. The Hall–Kier alpha value is -2.08. The van der Waals surface area contributed by atoms with E-state index >= 15 is 0 Å². The quantitative estimate of drug-likeness (QED) is 0.870. The summed E-state index contributed by atoms with van der Waals surface area (Å²) in [5, 5.41) is 2.65. The lowest BCUT2D eigenvalue weighted by atomic mass is 10.1. The van der Waals surface area contributed by atoms with E-state index in [9.17, 15) is 9.59 Å². The fraction of sp³-hybridized carbons (Fsp3) is 0.500. The van der Waals surface area contributed by atoms with Gasteiger partial charge in [-0.3, -0.25) is 9.59 Å². The molecule has 1 saturated heterocycles. The van der Waals surface area contributed by atoms with E-state index in [1.807, 2.05) is 44.2 Å². The van der Waals surface area contributed by atoms with Crippen LogP contribution in [0.2, 0.25) is 0 Å². The van der Waals surface area contributed by atoms with Gasteiger partial charge in [0.1, 0.15) is 6.04 Å². The number of likely N-dealkylation sites (N-methyl/N-ethyl adjacent to an activating group) is 2. The summed E-state index contributed by atoms with van der Waals surface area (Å²) in [5.74, 6) is -0.214. The van der Waals surface area contributed by atoms with Crippen LogP contribution in [-0.2, 0) is 4.79 Å². The molecular weight excluding hydrogens is 280 g/mol. The molecule has 0 radical (unpaired) electrons. The number of hydrogen-bond acceptors (Lipinski definition) is 4. The highest BCUT2D eigenvalue weighted by Crippen LogP contribution is 2.18. The molecule has 0 aromatic heterocycles. The van der Waals surface area contributed by atoms with Gasteiger partial charge in [-0.2, -0.15) is 0 Å². The van der Waals surface area contributed by atoms with Crippen molar-refractivity contribution in [2.45, 2.75) is 6.04 Å². The van der Waals surface area contributed by atoms with Crippen molar-refractivity contribution in [1.29, 1.82) is 0 Å². The van der Waals surface area contributed by atoms with E-state index in [1.54, 1.807) is 18.0 Å². The number of hydrogen-bond donors (Lipinski definition) is 1. The van der Waals surface area contributed by atoms with E-state index in [4.69, 9.17) is 0 Å². The molecular formula is C16H24N4O2. The maximum absolute atomic E-state index is 12.8. The van der Waals surface area contributed by atoms with Gasteiger partial charge in [-0.1, -0.05) is 6.07 Å². The monoisotopic (exact) mass is 304 g/mol. The predicted octanol–water partition coefficient (Wildman–Crippen LogP) is 0.255. The van der Waals surface area contributed by atoms with Crippen LogP contribution in [0.15, 0.2) is 24.3 Å². The first-order valence-corrected chi connectivity index (χ1v) is 7.42. The largest absolute Gasteiger partial charge is 0.378 e. The molecule has 6 heteroatoms. The summed E-state index contributed by atoms with van der Waals surface area (Å²) in [5.41, 5.74) is 1.58. The van der Waals surface area contributed by atoms with E-state index in [1.165, 1.54) is 0 Å². The molecule has 0 saturated carbocycles. The van der Waals surface area contributed by atoms with Crippen molar-refractivity contribution in [3.05, 3.63) is 29.8 Å². The second kappa shape index (κ2) is 6.79. The van der Waals surface area contributed by atoms with Crippen LogP contribution in [0.4, 0.5) is 5.69 Å². The third kappa shape index (κ3) is 3.39. The van der Waals surface area contributed by atoms with Crippen molar-refractivity contribution < 1.29 is 9.59 Å². The van der Waals surface area contributed by atoms with Crippen molar-refractivity contribution >= 4 is 17.5 Å². The lowest BCUT2D eigenvalue weighted by molar-refractivity contribution is -0.126. The average molecular weight is 304 g/mol. The van der Waals surface area contributed by atoms with Gasteiger partial charge in [-0.15, -0.1) is 0 Å². The third-order valence-corrected chi connectivity index (χ3v) is 4.00. The summed E-state index contributed by atoms with van der Waals surface area (Å²) < 4.78 is 0. The minimum Gasteiger partial charge on any atom is -0.378 e. The van der Waals surface area contributed by atoms with Crippen molar-refractivity contribution in [1.82, 2.24) is 15.1 Å². The fourth-order valence-corrected chi connectivity index (χ4v) is 2.64. The van der Waals surface area contributed by atoms with E-state index < -0.39 is 6.04 Å². The first-order valence-electron chi connectivity index (χ1n) is 7.42. The maximum Gasteiger partial charge on any atom is 0.254 e. The zero-order valence-corrected chi connectivity index (χ0v) is 13.7. The zero-order valence-electron chi connectivity index (χ0n) is 13.7. The third-order valence-electron chi connectivity index (χ3n) is 4.00. The van der Waals surface area contributed by atoms with Crippen LogP contribution in [0.3, 0.4) is 0 Å². The average Bonchev–Trinajstić information content (AvgIpc) is 2.53.